The highest BCUT2D eigenvalue weighted by molar-refractivity contribution is 5.95. The second kappa shape index (κ2) is 4.67. The summed E-state index contributed by atoms with van der Waals surface area (Å²) in [6, 6.07) is 7.84. The first-order valence-corrected chi connectivity index (χ1v) is 5.22. The Kier molecular flexibility index (Phi) is 3.06. The lowest BCUT2D eigenvalue weighted by molar-refractivity contribution is -0.118. The van der Waals surface area contributed by atoms with Crippen molar-refractivity contribution in [3.05, 3.63) is 23.8 Å². The molecule has 1 aromatic carbocycles. The minimum absolute atomic E-state index is 0.0841. The van der Waals surface area contributed by atoms with Crippen LogP contribution in [0, 0.1) is 11.3 Å². The average Bonchev–Trinajstić information content (AvgIpc) is 2.29. The SMILES string of the molecule is N#CCCCc1ccc2c(c1)NC(=O)CO2. The molecule has 0 saturated carbocycles. The van der Waals surface area contributed by atoms with Crippen molar-refractivity contribution in [2.24, 2.45) is 0 Å². The van der Waals surface area contributed by atoms with Crippen molar-refractivity contribution in [3.63, 3.8) is 0 Å². The maximum atomic E-state index is 11.1. The molecule has 0 saturated heterocycles. The number of aryl methyl sites for hydroxylation is 1. The Morgan fingerprint density at radius 2 is 2.38 bits per heavy atom. The summed E-state index contributed by atoms with van der Waals surface area (Å²) >= 11 is 0. The highest BCUT2D eigenvalue weighted by Gasteiger charge is 2.15. The number of hydrogen-bond acceptors (Lipinski definition) is 3. The fourth-order valence-corrected chi connectivity index (χ4v) is 1.66. The van der Waals surface area contributed by atoms with Crippen molar-refractivity contribution in [2.45, 2.75) is 19.3 Å². The number of carbonyl (C=O) groups excluding carboxylic acids is 1. The van der Waals surface area contributed by atoms with Crippen LogP contribution in [0.25, 0.3) is 0 Å². The Morgan fingerprint density at radius 3 is 3.19 bits per heavy atom. The molecular weight excluding hydrogens is 204 g/mol. The molecule has 0 unspecified atom stereocenters. The van der Waals surface area contributed by atoms with Crippen molar-refractivity contribution in [3.8, 4) is 11.8 Å². The molecule has 0 aromatic heterocycles. The van der Waals surface area contributed by atoms with Crippen molar-refractivity contribution in [2.75, 3.05) is 11.9 Å². The van der Waals surface area contributed by atoms with E-state index < -0.39 is 0 Å². The standard InChI is InChI=1S/C12H12N2O2/c13-6-2-1-3-9-4-5-11-10(7-9)14-12(15)8-16-11/h4-5,7H,1-3,8H2,(H,14,15). The van der Waals surface area contributed by atoms with E-state index in [2.05, 4.69) is 11.4 Å². The van der Waals surface area contributed by atoms with Crippen LogP contribution in [0.1, 0.15) is 18.4 Å². The van der Waals surface area contributed by atoms with Crippen molar-refractivity contribution in [1.29, 1.82) is 5.26 Å². The number of ether oxygens (including phenoxy) is 1. The summed E-state index contributed by atoms with van der Waals surface area (Å²) in [5.41, 5.74) is 1.84. The van der Waals surface area contributed by atoms with E-state index in [-0.39, 0.29) is 12.5 Å². The zero-order valence-electron chi connectivity index (χ0n) is 8.82. The summed E-state index contributed by atoms with van der Waals surface area (Å²) in [4.78, 5) is 11.1. The molecule has 0 fully saturated rings. The normalized spacial score (nSPS) is 13.3. The predicted octanol–water partition coefficient (Wildman–Crippen LogP) is 1.86. The second-order valence-corrected chi connectivity index (χ2v) is 3.68. The predicted molar refractivity (Wildman–Crippen MR) is 59.1 cm³/mol. The third-order valence-electron chi connectivity index (χ3n) is 2.43. The molecule has 1 aliphatic rings. The Hall–Kier alpha value is -2.02. The number of carbonyl (C=O) groups is 1. The molecule has 1 N–H and O–H groups in total. The lowest BCUT2D eigenvalue weighted by atomic mass is 10.1. The third kappa shape index (κ3) is 2.31. The summed E-state index contributed by atoms with van der Waals surface area (Å²) in [5.74, 6) is 0.588. The first-order chi connectivity index (χ1) is 7.79. The second-order valence-electron chi connectivity index (χ2n) is 3.68. The Morgan fingerprint density at radius 1 is 1.50 bits per heavy atom. The molecule has 4 nitrogen and oxygen atoms in total. The molecule has 1 aromatic rings. The van der Waals surface area contributed by atoms with Crippen LogP contribution in [0.3, 0.4) is 0 Å². The number of nitrogens with zero attached hydrogens (tertiary/aromatic N) is 1. The van der Waals surface area contributed by atoms with E-state index in [4.69, 9.17) is 10.00 Å². The summed E-state index contributed by atoms with van der Waals surface area (Å²) in [6.07, 6.45) is 2.24. The van der Waals surface area contributed by atoms with Crippen LogP contribution in [0.5, 0.6) is 5.75 Å². The minimum Gasteiger partial charge on any atom is -0.482 e. The molecule has 0 atom stereocenters. The fraction of sp³-hybridized carbons (Fsp3) is 0.333. The molecule has 16 heavy (non-hydrogen) atoms. The van der Waals surface area contributed by atoms with Crippen LogP contribution in [0.2, 0.25) is 0 Å². The van der Waals surface area contributed by atoms with Crippen LogP contribution in [0.4, 0.5) is 5.69 Å². The molecule has 0 radical (unpaired) electrons. The van der Waals surface area contributed by atoms with Gasteiger partial charge in [0.15, 0.2) is 6.61 Å². The van der Waals surface area contributed by atoms with Crippen LogP contribution < -0.4 is 10.1 Å². The van der Waals surface area contributed by atoms with Gasteiger partial charge in [-0.1, -0.05) is 6.07 Å². The van der Waals surface area contributed by atoms with Gasteiger partial charge < -0.3 is 10.1 Å². The number of amides is 1. The number of nitrogens with one attached hydrogen (secondary N) is 1. The van der Waals surface area contributed by atoms with Gasteiger partial charge in [-0.3, -0.25) is 4.79 Å². The molecule has 82 valence electrons. The van der Waals surface area contributed by atoms with Gasteiger partial charge in [0, 0.05) is 6.42 Å². The molecule has 0 bridgehead atoms. The van der Waals surface area contributed by atoms with Crippen LogP contribution in [-0.4, -0.2) is 12.5 Å². The highest BCUT2D eigenvalue weighted by atomic mass is 16.5. The summed E-state index contributed by atoms with van der Waals surface area (Å²) < 4.78 is 5.25. The minimum atomic E-state index is -0.123. The average molecular weight is 216 g/mol. The first kappa shape index (κ1) is 10.5. The molecule has 0 spiro atoms. The Balaban J connectivity index is 2.09. The van der Waals surface area contributed by atoms with Gasteiger partial charge in [-0.05, 0) is 30.5 Å². The van der Waals surface area contributed by atoms with E-state index >= 15 is 0 Å². The molecule has 1 amide bonds. The number of fused-ring (bicyclic) bond motifs is 1. The Bertz CT molecular complexity index is 449. The maximum Gasteiger partial charge on any atom is 0.262 e. The zero-order valence-corrected chi connectivity index (χ0v) is 8.82. The number of anilines is 1. The third-order valence-corrected chi connectivity index (χ3v) is 2.43. The number of benzene rings is 1. The number of rotatable bonds is 3. The number of nitriles is 1. The molecule has 4 heteroatoms. The lowest BCUT2D eigenvalue weighted by Crippen LogP contribution is -2.25. The fourth-order valence-electron chi connectivity index (χ4n) is 1.66. The van der Waals surface area contributed by atoms with Gasteiger partial charge in [-0.15, -0.1) is 0 Å². The largest absolute Gasteiger partial charge is 0.482 e. The first-order valence-electron chi connectivity index (χ1n) is 5.22. The number of hydrogen-bond donors (Lipinski definition) is 1. The van der Waals surface area contributed by atoms with E-state index in [1.807, 2.05) is 18.2 Å². The van der Waals surface area contributed by atoms with Gasteiger partial charge in [0.25, 0.3) is 5.91 Å². The van der Waals surface area contributed by atoms with Crippen molar-refractivity contribution in [1.82, 2.24) is 0 Å². The molecule has 2 rings (SSSR count). The topological polar surface area (TPSA) is 62.1 Å². The van der Waals surface area contributed by atoms with Crippen molar-refractivity contribution < 1.29 is 9.53 Å². The maximum absolute atomic E-state index is 11.1. The highest BCUT2D eigenvalue weighted by Crippen LogP contribution is 2.28. The zero-order chi connectivity index (χ0) is 11.4. The lowest BCUT2D eigenvalue weighted by Gasteiger charge is -2.18. The van der Waals surface area contributed by atoms with Crippen LogP contribution >= 0.6 is 0 Å². The van der Waals surface area contributed by atoms with Crippen LogP contribution in [-0.2, 0) is 11.2 Å². The van der Waals surface area contributed by atoms with E-state index in [1.54, 1.807) is 0 Å². The van der Waals surface area contributed by atoms with Gasteiger partial charge in [-0.2, -0.15) is 5.26 Å². The Labute approximate surface area is 93.8 Å². The van der Waals surface area contributed by atoms with Gasteiger partial charge in [-0.25, -0.2) is 0 Å². The smallest absolute Gasteiger partial charge is 0.262 e. The molecule has 0 aliphatic carbocycles. The van der Waals surface area contributed by atoms with Gasteiger partial charge in [0.2, 0.25) is 0 Å². The molecular formula is C12H12N2O2. The van der Waals surface area contributed by atoms with E-state index in [0.717, 1.165) is 24.1 Å². The number of unbranched alkanes of at least 4 members (excludes halogenated alkanes) is 1. The van der Waals surface area contributed by atoms with Crippen molar-refractivity contribution >= 4 is 11.6 Å². The van der Waals surface area contributed by atoms with Gasteiger partial charge in [0.1, 0.15) is 5.75 Å². The molecule has 1 aliphatic heterocycles. The summed E-state index contributed by atoms with van der Waals surface area (Å²) in [6.45, 7) is 0.0841. The van der Waals surface area contributed by atoms with Gasteiger partial charge in [0.05, 0.1) is 11.8 Å². The quantitative estimate of drug-likeness (QED) is 0.784. The monoisotopic (exact) mass is 216 g/mol. The van der Waals surface area contributed by atoms with E-state index in [9.17, 15) is 4.79 Å². The summed E-state index contributed by atoms with van der Waals surface area (Å²) in [5, 5.41) is 11.2. The summed E-state index contributed by atoms with van der Waals surface area (Å²) in [7, 11) is 0. The van der Waals surface area contributed by atoms with E-state index in [1.165, 1.54) is 0 Å². The van der Waals surface area contributed by atoms with Gasteiger partial charge >= 0.3 is 0 Å². The van der Waals surface area contributed by atoms with E-state index in [0.29, 0.717) is 12.2 Å². The molecule has 1 heterocycles. The van der Waals surface area contributed by atoms with Crippen LogP contribution in [0.15, 0.2) is 18.2 Å².